The van der Waals surface area contributed by atoms with Crippen LogP contribution in [0.15, 0.2) is 74.6 Å². The zero-order chi connectivity index (χ0) is 20.1. The first kappa shape index (κ1) is 19.8. The van der Waals surface area contributed by atoms with E-state index in [9.17, 15) is 18.5 Å². The fourth-order valence-electron chi connectivity index (χ4n) is 2.20. The Labute approximate surface area is 165 Å². The van der Waals surface area contributed by atoms with Gasteiger partial charge in [0.1, 0.15) is 0 Å². The van der Waals surface area contributed by atoms with Crippen molar-refractivity contribution < 1.29 is 17.8 Å². The van der Waals surface area contributed by atoms with Crippen LogP contribution in [0.25, 0.3) is 11.5 Å². The van der Waals surface area contributed by atoms with Crippen LogP contribution in [0.1, 0.15) is 5.56 Å². The van der Waals surface area contributed by atoms with Crippen LogP contribution >= 0.6 is 11.8 Å². The summed E-state index contributed by atoms with van der Waals surface area (Å²) in [6.07, 6.45) is 1.51. The molecule has 0 aliphatic carbocycles. The molecule has 0 N–H and O–H groups in total. The molecule has 1 aromatic heterocycles. The van der Waals surface area contributed by atoms with Gasteiger partial charge in [0.25, 0.3) is 10.9 Å². The maximum atomic E-state index is 12.2. The average molecular weight is 417 g/mol. The Morgan fingerprint density at radius 1 is 1.11 bits per heavy atom. The van der Waals surface area contributed by atoms with E-state index in [-0.39, 0.29) is 21.7 Å². The van der Waals surface area contributed by atoms with Crippen molar-refractivity contribution in [3.63, 3.8) is 0 Å². The quantitative estimate of drug-likeness (QED) is 0.321. The minimum absolute atomic E-state index is 0.0298. The molecule has 0 aliphatic heterocycles. The van der Waals surface area contributed by atoms with Crippen molar-refractivity contribution >= 4 is 27.3 Å². The van der Waals surface area contributed by atoms with Gasteiger partial charge in [0.2, 0.25) is 5.89 Å². The average Bonchev–Trinajstić information content (AvgIpc) is 3.15. The van der Waals surface area contributed by atoms with Crippen LogP contribution in [0, 0.1) is 17.0 Å². The summed E-state index contributed by atoms with van der Waals surface area (Å²) in [5, 5.41) is 19.9. The lowest BCUT2D eigenvalue weighted by molar-refractivity contribution is -0.384. The number of non-ortho nitro benzene ring substituents is 1. The van der Waals surface area contributed by atoms with E-state index in [1.807, 2.05) is 6.92 Å². The van der Waals surface area contributed by atoms with E-state index in [1.165, 1.54) is 42.1 Å². The molecular weight excluding hydrogens is 402 g/mol. The number of thioether (sulfide) groups is 1. The molecule has 0 aliphatic rings. The summed E-state index contributed by atoms with van der Waals surface area (Å²) in [4.78, 5) is 10.4. The Bertz CT molecular complexity index is 1100. The minimum atomic E-state index is -3.50. The molecule has 0 unspecified atom stereocenters. The Kier molecular flexibility index (Phi) is 5.90. The first-order valence-electron chi connectivity index (χ1n) is 8.04. The minimum Gasteiger partial charge on any atom is -0.411 e. The molecule has 10 heteroatoms. The highest BCUT2D eigenvalue weighted by Gasteiger charge is 2.12. The van der Waals surface area contributed by atoms with E-state index in [0.717, 1.165) is 11.0 Å². The molecule has 0 bridgehead atoms. The van der Waals surface area contributed by atoms with Crippen molar-refractivity contribution in [1.82, 2.24) is 10.2 Å². The second-order valence-corrected chi connectivity index (χ2v) is 8.52. The van der Waals surface area contributed by atoms with Crippen LogP contribution in [0.3, 0.4) is 0 Å². The number of benzene rings is 2. The molecule has 1 heterocycles. The van der Waals surface area contributed by atoms with Gasteiger partial charge in [0.05, 0.1) is 9.82 Å². The van der Waals surface area contributed by atoms with Gasteiger partial charge in [-0.05, 0) is 31.2 Å². The third-order valence-electron chi connectivity index (χ3n) is 3.66. The number of aromatic nitrogens is 2. The van der Waals surface area contributed by atoms with E-state index >= 15 is 0 Å². The monoisotopic (exact) mass is 417 g/mol. The molecule has 3 aromatic rings. The predicted octanol–water partition coefficient (Wildman–Crippen LogP) is 4.03. The van der Waals surface area contributed by atoms with E-state index in [4.69, 9.17) is 4.42 Å². The normalized spacial score (nSPS) is 11.8. The van der Waals surface area contributed by atoms with Crippen molar-refractivity contribution in [3.8, 4) is 11.5 Å². The fourth-order valence-corrected chi connectivity index (χ4v) is 3.92. The number of nitro benzene ring substituents is 1. The molecule has 0 saturated carbocycles. The Balaban J connectivity index is 1.60. The van der Waals surface area contributed by atoms with Crippen LogP contribution in [0.2, 0.25) is 0 Å². The zero-order valence-corrected chi connectivity index (χ0v) is 16.3. The van der Waals surface area contributed by atoms with Crippen LogP contribution in [0.4, 0.5) is 5.69 Å². The first-order valence-corrected chi connectivity index (χ1v) is 10.6. The van der Waals surface area contributed by atoms with Crippen molar-refractivity contribution in [2.45, 2.75) is 17.0 Å². The second kappa shape index (κ2) is 8.36. The van der Waals surface area contributed by atoms with Crippen LogP contribution in [0.5, 0.6) is 0 Å². The molecule has 0 radical (unpaired) electrons. The number of aryl methyl sites for hydroxylation is 1. The van der Waals surface area contributed by atoms with Gasteiger partial charge in [-0.25, -0.2) is 8.42 Å². The van der Waals surface area contributed by atoms with Crippen LogP contribution in [-0.4, -0.2) is 29.3 Å². The lowest BCUT2D eigenvalue weighted by Gasteiger charge is -1.99. The highest BCUT2D eigenvalue weighted by atomic mass is 32.2. The van der Waals surface area contributed by atoms with Gasteiger partial charge in [-0.1, -0.05) is 35.5 Å². The van der Waals surface area contributed by atoms with Gasteiger partial charge in [-0.2, -0.15) is 0 Å². The maximum Gasteiger partial charge on any atom is 0.277 e. The summed E-state index contributed by atoms with van der Waals surface area (Å²) in [6, 6.07) is 12.4. The first-order chi connectivity index (χ1) is 13.3. The summed E-state index contributed by atoms with van der Waals surface area (Å²) in [6.45, 7) is 1.89. The lowest BCUT2D eigenvalue weighted by Crippen LogP contribution is -1.96. The number of hydrogen-bond acceptors (Lipinski definition) is 8. The van der Waals surface area contributed by atoms with Crippen molar-refractivity contribution in [2.24, 2.45) is 0 Å². The number of sulfone groups is 1. The zero-order valence-electron chi connectivity index (χ0n) is 14.7. The third kappa shape index (κ3) is 4.84. The largest absolute Gasteiger partial charge is 0.411 e. The molecular formula is C18H15N3O5S2. The van der Waals surface area contributed by atoms with E-state index in [2.05, 4.69) is 10.2 Å². The predicted molar refractivity (Wildman–Crippen MR) is 105 cm³/mol. The molecule has 28 heavy (non-hydrogen) atoms. The number of rotatable bonds is 7. The van der Waals surface area contributed by atoms with Gasteiger partial charge in [-0.3, -0.25) is 10.1 Å². The summed E-state index contributed by atoms with van der Waals surface area (Å²) >= 11 is 1.18. The van der Waals surface area contributed by atoms with Crippen LogP contribution < -0.4 is 0 Å². The topological polar surface area (TPSA) is 116 Å². The molecule has 3 rings (SSSR count). The SMILES string of the molecule is Cc1ccc(S(=O)(=O)C=CCSc2nnc(-c3ccc([N+](=O)[O-])cc3)o2)cc1. The molecule has 2 aromatic carbocycles. The van der Waals surface area contributed by atoms with Gasteiger partial charge in [0.15, 0.2) is 9.84 Å². The van der Waals surface area contributed by atoms with Gasteiger partial charge in [-0.15, -0.1) is 10.2 Å². The third-order valence-corrected chi connectivity index (χ3v) is 5.91. The summed E-state index contributed by atoms with van der Waals surface area (Å²) in [5.41, 5.74) is 1.51. The van der Waals surface area contributed by atoms with Crippen molar-refractivity contribution in [1.29, 1.82) is 0 Å². The smallest absolute Gasteiger partial charge is 0.277 e. The second-order valence-electron chi connectivity index (χ2n) is 5.72. The van der Waals surface area contributed by atoms with Crippen molar-refractivity contribution in [3.05, 3.63) is 75.7 Å². The number of nitrogens with zero attached hydrogens (tertiary/aromatic N) is 3. The van der Waals surface area contributed by atoms with Crippen LogP contribution in [-0.2, 0) is 9.84 Å². The van der Waals surface area contributed by atoms with E-state index < -0.39 is 14.8 Å². The van der Waals surface area contributed by atoms with E-state index in [1.54, 1.807) is 24.3 Å². The lowest BCUT2D eigenvalue weighted by atomic mass is 10.2. The molecule has 0 amide bonds. The Morgan fingerprint density at radius 2 is 1.79 bits per heavy atom. The number of nitro groups is 1. The van der Waals surface area contributed by atoms with E-state index in [0.29, 0.717) is 11.3 Å². The highest BCUT2D eigenvalue weighted by Crippen LogP contribution is 2.25. The molecule has 8 nitrogen and oxygen atoms in total. The molecule has 0 fully saturated rings. The Morgan fingerprint density at radius 3 is 2.43 bits per heavy atom. The number of hydrogen-bond donors (Lipinski definition) is 0. The molecule has 0 spiro atoms. The molecule has 0 atom stereocenters. The van der Waals surface area contributed by atoms with Crippen molar-refractivity contribution in [2.75, 3.05) is 5.75 Å². The van der Waals surface area contributed by atoms with Gasteiger partial charge >= 0.3 is 0 Å². The molecule has 144 valence electrons. The highest BCUT2D eigenvalue weighted by molar-refractivity contribution is 7.99. The van der Waals surface area contributed by atoms with Gasteiger partial charge < -0.3 is 4.42 Å². The Hall–Kier alpha value is -2.98. The maximum absolute atomic E-state index is 12.2. The fraction of sp³-hybridized carbons (Fsp3) is 0.111. The summed E-state index contributed by atoms with van der Waals surface area (Å²) in [5.74, 6) is 0.557. The summed E-state index contributed by atoms with van der Waals surface area (Å²) in [7, 11) is -3.50. The standard InChI is InChI=1S/C18H15N3O5S2/c1-13-3-9-16(10-4-13)28(24,25)12-2-11-27-18-20-19-17(26-18)14-5-7-15(8-6-14)21(22)23/h2-10,12H,11H2,1H3. The summed E-state index contributed by atoms with van der Waals surface area (Å²) < 4.78 is 29.9. The molecule has 0 saturated heterocycles. The van der Waals surface area contributed by atoms with Gasteiger partial charge in [0, 0.05) is 28.9 Å².